The molecule has 0 aromatic heterocycles. The minimum absolute atomic E-state index is 0.101. The van der Waals surface area contributed by atoms with Crippen molar-refractivity contribution in [3.63, 3.8) is 0 Å². The first-order valence-electron chi connectivity index (χ1n) is 5.28. The number of rotatable bonds is 4. The number of nitrogens with one attached hydrogen (secondary N) is 1. The molecular formula is C12H15NO4. The van der Waals surface area contributed by atoms with Crippen LogP contribution < -0.4 is 5.32 Å². The van der Waals surface area contributed by atoms with Gasteiger partial charge in [-0.1, -0.05) is 0 Å². The van der Waals surface area contributed by atoms with Crippen molar-refractivity contribution < 1.29 is 19.4 Å². The molecule has 17 heavy (non-hydrogen) atoms. The zero-order valence-corrected chi connectivity index (χ0v) is 9.82. The van der Waals surface area contributed by atoms with E-state index < -0.39 is 5.97 Å². The van der Waals surface area contributed by atoms with Gasteiger partial charge in [0.15, 0.2) is 0 Å². The molecule has 1 aromatic rings. The minimum atomic E-state index is -0.475. The lowest BCUT2D eigenvalue weighted by Gasteiger charge is -2.07. The summed E-state index contributed by atoms with van der Waals surface area (Å²) in [5, 5.41) is 11.7. The van der Waals surface area contributed by atoms with Crippen molar-refractivity contribution in [2.75, 3.05) is 13.2 Å². The molecule has 0 heterocycles. The van der Waals surface area contributed by atoms with E-state index >= 15 is 0 Å². The number of phenols is 1. The lowest BCUT2D eigenvalue weighted by Crippen LogP contribution is -2.31. The first-order valence-corrected chi connectivity index (χ1v) is 5.28. The Labute approximate surface area is 99.4 Å². The summed E-state index contributed by atoms with van der Waals surface area (Å²) in [6, 6.07) is 4.41. The van der Waals surface area contributed by atoms with E-state index in [1.165, 1.54) is 18.2 Å². The largest absolute Gasteiger partial charge is 0.508 e. The summed E-state index contributed by atoms with van der Waals surface area (Å²) in [6.07, 6.45) is 0. The van der Waals surface area contributed by atoms with Crippen LogP contribution in [0.3, 0.4) is 0 Å². The van der Waals surface area contributed by atoms with Gasteiger partial charge in [-0.05, 0) is 37.6 Å². The molecule has 2 N–H and O–H groups in total. The second kappa shape index (κ2) is 5.89. The van der Waals surface area contributed by atoms with Gasteiger partial charge >= 0.3 is 5.97 Å². The van der Waals surface area contributed by atoms with E-state index in [1.807, 2.05) is 0 Å². The summed E-state index contributed by atoms with van der Waals surface area (Å²) in [5.41, 5.74) is 1.07. The molecule has 1 amide bonds. The third-order valence-electron chi connectivity index (χ3n) is 2.15. The van der Waals surface area contributed by atoms with Gasteiger partial charge in [-0.25, -0.2) is 0 Å². The Morgan fingerprint density at radius 3 is 2.71 bits per heavy atom. The fraction of sp³-hybridized carbons (Fsp3) is 0.333. The van der Waals surface area contributed by atoms with Gasteiger partial charge in [-0.3, -0.25) is 9.59 Å². The highest BCUT2D eigenvalue weighted by Gasteiger charge is 2.11. The zero-order chi connectivity index (χ0) is 12.8. The standard InChI is InChI=1S/C12H15NO4/c1-3-17-11(15)7-13-12(16)10-5-4-9(14)6-8(10)2/h4-6,14H,3,7H2,1-2H3,(H,13,16). The molecule has 0 aliphatic rings. The molecule has 92 valence electrons. The predicted molar refractivity (Wildman–Crippen MR) is 61.8 cm³/mol. The lowest BCUT2D eigenvalue weighted by molar-refractivity contribution is -0.141. The molecule has 0 aliphatic heterocycles. The summed E-state index contributed by atoms with van der Waals surface area (Å²) in [7, 11) is 0. The number of aromatic hydroxyl groups is 1. The second-order valence-electron chi connectivity index (χ2n) is 3.49. The van der Waals surface area contributed by atoms with Crippen molar-refractivity contribution >= 4 is 11.9 Å². The van der Waals surface area contributed by atoms with Crippen molar-refractivity contribution in [3.8, 4) is 5.75 Å². The number of carbonyl (C=O) groups excluding carboxylic acids is 2. The van der Waals surface area contributed by atoms with Crippen LogP contribution in [0.1, 0.15) is 22.8 Å². The Morgan fingerprint density at radius 2 is 2.12 bits per heavy atom. The molecular weight excluding hydrogens is 222 g/mol. The van der Waals surface area contributed by atoms with E-state index in [0.717, 1.165) is 0 Å². The van der Waals surface area contributed by atoms with Crippen molar-refractivity contribution in [1.82, 2.24) is 5.32 Å². The molecule has 1 rings (SSSR count). The topological polar surface area (TPSA) is 75.6 Å². The van der Waals surface area contributed by atoms with Crippen molar-refractivity contribution in [1.29, 1.82) is 0 Å². The molecule has 5 heteroatoms. The Kier molecular flexibility index (Phi) is 4.51. The van der Waals surface area contributed by atoms with Gasteiger partial charge in [0.05, 0.1) is 6.61 Å². The molecule has 0 saturated carbocycles. The van der Waals surface area contributed by atoms with Gasteiger partial charge in [0.25, 0.3) is 5.91 Å². The number of hydrogen-bond acceptors (Lipinski definition) is 4. The number of hydrogen-bond donors (Lipinski definition) is 2. The molecule has 0 fully saturated rings. The van der Waals surface area contributed by atoms with Crippen LogP contribution in [-0.4, -0.2) is 30.1 Å². The fourth-order valence-electron chi connectivity index (χ4n) is 1.36. The highest BCUT2D eigenvalue weighted by atomic mass is 16.5. The van der Waals surface area contributed by atoms with Gasteiger partial charge in [0.1, 0.15) is 12.3 Å². The maximum Gasteiger partial charge on any atom is 0.325 e. The van der Waals surface area contributed by atoms with Crippen LogP contribution in [-0.2, 0) is 9.53 Å². The average Bonchev–Trinajstić information content (AvgIpc) is 2.26. The van der Waals surface area contributed by atoms with E-state index in [9.17, 15) is 14.7 Å². The smallest absolute Gasteiger partial charge is 0.325 e. The lowest BCUT2D eigenvalue weighted by atomic mass is 10.1. The number of carbonyl (C=O) groups is 2. The van der Waals surface area contributed by atoms with Gasteiger partial charge in [0.2, 0.25) is 0 Å². The van der Waals surface area contributed by atoms with Gasteiger partial charge < -0.3 is 15.2 Å². The summed E-state index contributed by atoms with van der Waals surface area (Å²) < 4.78 is 4.68. The maximum atomic E-state index is 11.7. The van der Waals surface area contributed by atoms with Crippen LogP contribution >= 0.6 is 0 Å². The summed E-state index contributed by atoms with van der Waals surface area (Å²) in [6.45, 7) is 3.53. The molecule has 0 radical (unpaired) electrons. The first-order chi connectivity index (χ1) is 8.04. The molecule has 0 atom stereocenters. The number of esters is 1. The Hall–Kier alpha value is -2.04. The normalized spacial score (nSPS) is 9.76. The van der Waals surface area contributed by atoms with Crippen molar-refractivity contribution in [2.45, 2.75) is 13.8 Å². The summed E-state index contributed by atoms with van der Waals surface area (Å²) in [5.74, 6) is -0.739. The van der Waals surface area contributed by atoms with Crippen LogP contribution in [0.5, 0.6) is 5.75 Å². The van der Waals surface area contributed by atoms with E-state index in [4.69, 9.17) is 0 Å². The molecule has 0 unspecified atom stereocenters. The molecule has 1 aromatic carbocycles. The Morgan fingerprint density at radius 1 is 1.41 bits per heavy atom. The SMILES string of the molecule is CCOC(=O)CNC(=O)c1ccc(O)cc1C. The minimum Gasteiger partial charge on any atom is -0.508 e. The number of aryl methyl sites for hydroxylation is 1. The van der Waals surface area contributed by atoms with E-state index in [-0.39, 0.29) is 24.8 Å². The van der Waals surface area contributed by atoms with Crippen molar-refractivity contribution in [2.24, 2.45) is 0 Å². The average molecular weight is 237 g/mol. The van der Waals surface area contributed by atoms with E-state index in [1.54, 1.807) is 13.8 Å². The Balaban J connectivity index is 2.61. The predicted octanol–water partition coefficient (Wildman–Crippen LogP) is 0.994. The van der Waals surface area contributed by atoms with Crippen LogP contribution in [0.25, 0.3) is 0 Å². The quantitative estimate of drug-likeness (QED) is 0.766. The third kappa shape index (κ3) is 3.79. The molecule has 5 nitrogen and oxygen atoms in total. The van der Waals surface area contributed by atoms with Gasteiger partial charge in [-0.15, -0.1) is 0 Å². The van der Waals surface area contributed by atoms with E-state index in [2.05, 4.69) is 10.1 Å². The van der Waals surface area contributed by atoms with E-state index in [0.29, 0.717) is 11.1 Å². The fourth-order valence-corrected chi connectivity index (χ4v) is 1.36. The third-order valence-corrected chi connectivity index (χ3v) is 2.15. The van der Waals surface area contributed by atoms with Gasteiger partial charge in [0, 0.05) is 5.56 Å². The summed E-state index contributed by atoms with van der Waals surface area (Å²) >= 11 is 0. The number of amides is 1. The Bertz CT molecular complexity index is 429. The molecule has 0 spiro atoms. The highest BCUT2D eigenvalue weighted by molar-refractivity contribution is 5.97. The number of phenolic OH excluding ortho intramolecular Hbond substituents is 1. The molecule has 0 saturated heterocycles. The van der Waals surface area contributed by atoms with Crippen molar-refractivity contribution in [3.05, 3.63) is 29.3 Å². The van der Waals surface area contributed by atoms with Gasteiger partial charge in [-0.2, -0.15) is 0 Å². The monoisotopic (exact) mass is 237 g/mol. The number of benzene rings is 1. The van der Waals surface area contributed by atoms with Crippen LogP contribution in [0, 0.1) is 6.92 Å². The van der Waals surface area contributed by atoms with Crippen LogP contribution in [0.2, 0.25) is 0 Å². The summed E-state index contributed by atoms with van der Waals surface area (Å²) in [4.78, 5) is 22.7. The van der Waals surface area contributed by atoms with Crippen LogP contribution in [0.4, 0.5) is 0 Å². The second-order valence-corrected chi connectivity index (χ2v) is 3.49. The maximum absolute atomic E-state index is 11.7. The number of ether oxygens (including phenoxy) is 1. The van der Waals surface area contributed by atoms with Crippen LogP contribution in [0.15, 0.2) is 18.2 Å². The zero-order valence-electron chi connectivity index (χ0n) is 9.82. The first kappa shape index (κ1) is 13.0. The molecule has 0 bridgehead atoms. The highest BCUT2D eigenvalue weighted by Crippen LogP contribution is 2.15. The molecule has 0 aliphatic carbocycles.